The number of methoxy groups -OCH3 is 1. The summed E-state index contributed by atoms with van der Waals surface area (Å²) < 4.78 is 32.1. The Balaban J connectivity index is 2.15. The molecule has 0 aromatic heterocycles. The molecule has 0 heterocycles. The first-order valence-electron chi connectivity index (χ1n) is 7.89. The van der Waals surface area contributed by atoms with Crippen molar-refractivity contribution in [2.75, 3.05) is 25.0 Å². The van der Waals surface area contributed by atoms with E-state index < -0.39 is 14.9 Å². The number of aryl methyl sites for hydroxylation is 1. The zero-order chi connectivity index (χ0) is 20.0. The molecule has 0 aliphatic rings. The molecular weight excluding hydrogens is 374 g/mol. The second-order valence-corrected chi connectivity index (χ2v) is 7.32. The molecule has 27 heavy (non-hydrogen) atoms. The molecular formula is C17H19N3O6S. The molecule has 0 spiro atoms. The molecule has 0 saturated carbocycles. The van der Waals surface area contributed by atoms with E-state index in [0.717, 1.165) is 6.07 Å². The highest BCUT2D eigenvalue weighted by atomic mass is 32.2. The fraction of sp³-hybridized carbons (Fsp3) is 0.235. The summed E-state index contributed by atoms with van der Waals surface area (Å²) in [4.78, 5) is 22.0. The molecule has 0 radical (unpaired) electrons. The van der Waals surface area contributed by atoms with Crippen molar-refractivity contribution in [1.29, 1.82) is 0 Å². The summed E-state index contributed by atoms with van der Waals surface area (Å²) in [6.45, 7) is 2.26. The highest BCUT2D eigenvalue weighted by Gasteiger charge is 2.20. The number of hydrogen-bond donors (Lipinski definition) is 2. The Labute approximate surface area is 156 Å². The number of nitro groups is 1. The Morgan fingerprint density at radius 3 is 2.44 bits per heavy atom. The van der Waals surface area contributed by atoms with Crippen molar-refractivity contribution >= 4 is 27.3 Å². The van der Waals surface area contributed by atoms with Crippen LogP contribution < -0.4 is 10.0 Å². The Bertz CT molecular complexity index is 942. The summed E-state index contributed by atoms with van der Waals surface area (Å²) in [5, 5.41) is 13.6. The van der Waals surface area contributed by atoms with Gasteiger partial charge in [-0.15, -0.1) is 0 Å². The number of nitrogens with one attached hydrogen (secondary N) is 2. The highest BCUT2D eigenvalue weighted by Crippen LogP contribution is 2.24. The Morgan fingerprint density at radius 1 is 1.19 bits per heavy atom. The molecule has 144 valence electrons. The van der Waals surface area contributed by atoms with E-state index in [9.17, 15) is 23.3 Å². The summed E-state index contributed by atoms with van der Waals surface area (Å²) in [7, 11) is -2.48. The highest BCUT2D eigenvalue weighted by molar-refractivity contribution is 7.92. The van der Waals surface area contributed by atoms with Crippen molar-refractivity contribution in [3.8, 4) is 0 Å². The van der Waals surface area contributed by atoms with Gasteiger partial charge < -0.3 is 10.1 Å². The number of anilines is 1. The summed E-state index contributed by atoms with van der Waals surface area (Å²) in [5.74, 6) is -0.310. The van der Waals surface area contributed by atoms with E-state index >= 15 is 0 Å². The van der Waals surface area contributed by atoms with Crippen LogP contribution in [0.5, 0.6) is 0 Å². The minimum absolute atomic E-state index is 0.221. The summed E-state index contributed by atoms with van der Waals surface area (Å²) in [6.07, 6.45) is 0. The predicted octanol–water partition coefficient (Wildman–Crippen LogP) is 2.08. The van der Waals surface area contributed by atoms with E-state index in [0.29, 0.717) is 24.3 Å². The third kappa shape index (κ3) is 5.25. The molecule has 2 aromatic rings. The monoisotopic (exact) mass is 393 g/mol. The van der Waals surface area contributed by atoms with Gasteiger partial charge in [0.15, 0.2) is 0 Å². The molecule has 0 atom stereocenters. The fourth-order valence-corrected chi connectivity index (χ4v) is 3.30. The molecule has 2 N–H and O–H groups in total. The average molecular weight is 393 g/mol. The molecule has 0 fully saturated rings. The van der Waals surface area contributed by atoms with E-state index in [-0.39, 0.29) is 22.2 Å². The lowest BCUT2D eigenvalue weighted by molar-refractivity contribution is -0.385. The third-order valence-electron chi connectivity index (χ3n) is 3.68. The SMILES string of the molecule is COCCNC(=O)c1ccc(NS(=O)(=O)c2ccc(C)c([N+](=O)[O-])c2)cc1. The maximum absolute atomic E-state index is 12.5. The van der Waals surface area contributed by atoms with Crippen LogP contribution in [0.25, 0.3) is 0 Å². The number of nitrogens with zero attached hydrogens (tertiary/aromatic N) is 1. The number of carbonyl (C=O) groups is 1. The maximum Gasteiger partial charge on any atom is 0.273 e. The number of hydrogen-bond acceptors (Lipinski definition) is 6. The smallest absolute Gasteiger partial charge is 0.273 e. The number of amides is 1. The molecule has 2 rings (SSSR count). The van der Waals surface area contributed by atoms with Gasteiger partial charge in [0.25, 0.3) is 21.6 Å². The quantitative estimate of drug-likeness (QED) is 0.401. The van der Waals surface area contributed by atoms with Crippen molar-refractivity contribution in [3.63, 3.8) is 0 Å². The number of sulfonamides is 1. The predicted molar refractivity (Wildman–Crippen MR) is 99.3 cm³/mol. The molecule has 0 aliphatic carbocycles. The van der Waals surface area contributed by atoms with Gasteiger partial charge in [-0.25, -0.2) is 8.42 Å². The van der Waals surface area contributed by atoms with Crippen LogP contribution in [0.1, 0.15) is 15.9 Å². The maximum atomic E-state index is 12.5. The first-order valence-corrected chi connectivity index (χ1v) is 9.38. The minimum Gasteiger partial charge on any atom is -0.383 e. The van der Waals surface area contributed by atoms with Gasteiger partial charge in [0.1, 0.15) is 0 Å². The van der Waals surface area contributed by atoms with Crippen LogP contribution in [-0.2, 0) is 14.8 Å². The first kappa shape index (κ1) is 20.3. The van der Waals surface area contributed by atoms with Gasteiger partial charge >= 0.3 is 0 Å². The number of ether oxygens (including phenoxy) is 1. The van der Waals surface area contributed by atoms with Gasteiger partial charge in [-0.05, 0) is 37.3 Å². The largest absolute Gasteiger partial charge is 0.383 e. The van der Waals surface area contributed by atoms with Crippen LogP contribution in [0.4, 0.5) is 11.4 Å². The first-order chi connectivity index (χ1) is 12.7. The lowest BCUT2D eigenvalue weighted by atomic mass is 10.2. The number of nitro benzene ring substituents is 1. The van der Waals surface area contributed by atoms with Crippen LogP contribution in [0.2, 0.25) is 0 Å². The molecule has 10 heteroatoms. The number of benzene rings is 2. The van der Waals surface area contributed by atoms with Gasteiger partial charge in [0, 0.05) is 36.5 Å². The van der Waals surface area contributed by atoms with Gasteiger partial charge in [-0.3, -0.25) is 19.6 Å². The molecule has 2 aromatic carbocycles. The Morgan fingerprint density at radius 2 is 1.85 bits per heavy atom. The van der Waals surface area contributed by atoms with Crippen molar-refractivity contribution in [1.82, 2.24) is 5.32 Å². The normalized spacial score (nSPS) is 11.0. The van der Waals surface area contributed by atoms with Crippen LogP contribution in [-0.4, -0.2) is 39.5 Å². The third-order valence-corrected chi connectivity index (χ3v) is 5.06. The molecule has 9 nitrogen and oxygen atoms in total. The van der Waals surface area contributed by atoms with Gasteiger partial charge in [0.2, 0.25) is 0 Å². The topological polar surface area (TPSA) is 128 Å². The van der Waals surface area contributed by atoms with Gasteiger partial charge in [0.05, 0.1) is 16.4 Å². The lowest BCUT2D eigenvalue weighted by Gasteiger charge is -2.10. The summed E-state index contributed by atoms with van der Waals surface area (Å²) in [6, 6.07) is 9.49. The van der Waals surface area contributed by atoms with Crippen LogP contribution in [0.15, 0.2) is 47.4 Å². The van der Waals surface area contributed by atoms with Crippen LogP contribution in [0, 0.1) is 17.0 Å². The summed E-state index contributed by atoms with van der Waals surface area (Å²) in [5.41, 5.74) is 0.676. The standard InChI is InChI=1S/C17H19N3O6S/c1-12-3-8-15(11-16(12)20(22)23)27(24,25)19-14-6-4-13(5-7-14)17(21)18-9-10-26-2/h3-8,11,19H,9-10H2,1-2H3,(H,18,21). The van der Waals surface area contributed by atoms with Gasteiger partial charge in [-0.2, -0.15) is 0 Å². The second kappa shape index (κ2) is 8.60. The molecule has 0 bridgehead atoms. The van der Waals surface area contributed by atoms with E-state index in [1.54, 1.807) is 0 Å². The molecule has 0 aliphatic heterocycles. The Hall–Kier alpha value is -2.98. The summed E-state index contributed by atoms with van der Waals surface area (Å²) >= 11 is 0. The van der Waals surface area contributed by atoms with Crippen molar-refractivity contribution in [2.45, 2.75) is 11.8 Å². The van der Waals surface area contributed by atoms with E-state index in [2.05, 4.69) is 10.0 Å². The van der Waals surface area contributed by atoms with Gasteiger partial charge in [-0.1, -0.05) is 6.07 Å². The molecule has 0 unspecified atom stereocenters. The molecule has 1 amide bonds. The molecule has 0 saturated heterocycles. The van der Waals surface area contributed by atoms with E-state index in [1.165, 1.54) is 50.4 Å². The number of carbonyl (C=O) groups excluding carboxylic acids is 1. The lowest BCUT2D eigenvalue weighted by Crippen LogP contribution is -2.26. The van der Waals surface area contributed by atoms with Crippen LogP contribution >= 0.6 is 0 Å². The second-order valence-electron chi connectivity index (χ2n) is 5.64. The zero-order valence-corrected chi connectivity index (χ0v) is 15.6. The van der Waals surface area contributed by atoms with E-state index in [1.807, 2.05) is 0 Å². The van der Waals surface area contributed by atoms with Crippen molar-refractivity contribution in [3.05, 3.63) is 63.7 Å². The fourth-order valence-electron chi connectivity index (χ4n) is 2.23. The Kier molecular flexibility index (Phi) is 6.48. The average Bonchev–Trinajstić information content (AvgIpc) is 2.62. The minimum atomic E-state index is -4.01. The number of rotatable bonds is 8. The van der Waals surface area contributed by atoms with Crippen LogP contribution in [0.3, 0.4) is 0 Å². The zero-order valence-electron chi connectivity index (χ0n) is 14.8. The van der Waals surface area contributed by atoms with E-state index in [4.69, 9.17) is 4.74 Å². The van der Waals surface area contributed by atoms with Crippen molar-refractivity contribution in [2.24, 2.45) is 0 Å². The van der Waals surface area contributed by atoms with Crippen molar-refractivity contribution < 1.29 is 22.9 Å².